The number of nitro groups is 1. The Bertz CT molecular complexity index is 1050. The minimum atomic E-state index is -0.425. The molecule has 0 spiro atoms. The third kappa shape index (κ3) is 5.48. The highest BCUT2D eigenvalue weighted by atomic mass is 16.6. The van der Waals surface area contributed by atoms with E-state index in [1.807, 2.05) is 55.9 Å². The number of anilines is 1. The minimum Gasteiger partial charge on any atom is -0.385 e. The zero-order chi connectivity index (χ0) is 22.4. The summed E-state index contributed by atoms with van der Waals surface area (Å²) in [5.74, 6) is 0.0664. The number of hydrogen-bond donors (Lipinski definition) is 1. The van der Waals surface area contributed by atoms with Crippen LogP contribution in [0.15, 0.2) is 54.6 Å². The predicted molar refractivity (Wildman–Crippen MR) is 120 cm³/mol. The largest absolute Gasteiger partial charge is 0.385 e. The van der Waals surface area contributed by atoms with E-state index in [4.69, 9.17) is 0 Å². The molecule has 3 rings (SSSR count). The lowest BCUT2D eigenvalue weighted by molar-refractivity contribution is -0.384. The molecule has 1 aromatic heterocycles. The Hall–Kier alpha value is -3.68. The maximum Gasteiger partial charge on any atom is 0.269 e. The molecule has 0 unspecified atom stereocenters. The molecule has 1 amide bonds. The maximum absolute atomic E-state index is 12.6. The summed E-state index contributed by atoms with van der Waals surface area (Å²) >= 11 is 0. The van der Waals surface area contributed by atoms with Gasteiger partial charge in [0.05, 0.1) is 16.3 Å². The molecule has 8 heteroatoms. The lowest BCUT2D eigenvalue weighted by Crippen LogP contribution is -2.27. The monoisotopic (exact) mass is 421 g/mol. The quantitative estimate of drug-likeness (QED) is 0.317. The van der Waals surface area contributed by atoms with E-state index in [1.54, 1.807) is 17.0 Å². The number of hydrogen-bond acceptors (Lipinski definition) is 5. The van der Waals surface area contributed by atoms with Gasteiger partial charge in [-0.05, 0) is 44.5 Å². The average molecular weight is 422 g/mol. The number of aromatic nitrogens is 2. The number of nitrogens with one attached hydrogen (secondary N) is 1. The fourth-order valence-electron chi connectivity index (χ4n) is 3.41. The molecule has 1 N–H and O–H groups in total. The van der Waals surface area contributed by atoms with Crippen LogP contribution in [0.4, 0.5) is 11.4 Å². The van der Waals surface area contributed by atoms with Crippen LogP contribution < -0.4 is 5.32 Å². The molecule has 8 nitrogen and oxygen atoms in total. The summed E-state index contributed by atoms with van der Waals surface area (Å²) in [5.41, 5.74) is 4.86. The van der Waals surface area contributed by atoms with Gasteiger partial charge in [-0.15, -0.1) is 0 Å². The third-order valence-corrected chi connectivity index (χ3v) is 5.24. The van der Waals surface area contributed by atoms with E-state index in [0.717, 1.165) is 28.3 Å². The normalized spacial score (nSPS) is 10.7. The molecule has 2 aromatic carbocycles. The molecular formula is C23H27N5O3. The highest BCUT2D eigenvalue weighted by Crippen LogP contribution is 2.20. The second-order valence-electron chi connectivity index (χ2n) is 7.48. The van der Waals surface area contributed by atoms with Gasteiger partial charge in [0.1, 0.15) is 0 Å². The van der Waals surface area contributed by atoms with Gasteiger partial charge >= 0.3 is 0 Å². The molecule has 0 bridgehead atoms. The van der Waals surface area contributed by atoms with Crippen LogP contribution in [0.5, 0.6) is 0 Å². The Labute approximate surface area is 181 Å². The van der Waals surface area contributed by atoms with E-state index in [0.29, 0.717) is 25.9 Å². The van der Waals surface area contributed by atoms with Gasteiger partial charge in [0.2, 0.25) is 5.91 Å². The molecule has 0 atom stereocenters. The molecule has 0 radical (unpaired) electrons. The Balaban J connectivity index is 1.50. The summed E-state index contributed by atoms with van der Waals surface area (Å²) in [6, 6.07) is 16.2. The maximum atomic E-state index is 12.6. The number of para-hydroxylation sites is 1. The highest BCUT2D eigenvalue weighted by Gasteiger charge is 2.17. The van der Waals surface area contributed by atoms with Crippen LogP contribution in [-0.4, -0.2) is 39.1 Å². The summed E-state index contributed by atoms with van der Waals surface area (Å²) in [6.07, 6.45) is 1.09. The zero-order valence-corrected chi connectivity index (χ0v) is 18.0. The molecule has 0 fully saturated rings. The fraction of sp³-hybridized carbons (Fsp3) is 0.304. The first-order valence-electron chi connectivity index (χ1n) is 10.2. The first kappa shape index (κ1) is 22.0. The minimum absolute atomic E-state index is 0.0588. The highest BCUT2D eigenvalue weighted by molar-refractivity contribution is 5.76. The van der Waals surface area contributed by atoms with E-state index >= 15 is 0 Å². The molecule has 0 saturated carbocycles. The fourth-order valence-corrected chi connectivity index (χ4v) is 3.41. The van der Waals surface area contributed by atoms with Crippen LogP contribution >= 0.6 is 0 Å². The van der Waals surface area contributed by atoms with E-state index in [2.05, 4.69) is 10.4 Å². The third-order valence-electron chi connectivity index (χ3n) is 5.24. The number of rotatable bonds is 9. The summed E-state index contributed by atoms with van der Waals surface area (Å²) in [6.45, 7) is 5.11. The standard InChI is InChI=1S/C23H27N5O3/c1-17-22(18(2)27(25-17)20-8-5-4-6-9-20)16-26(3)23(29)10-7-15-24-19-11-13-21(14-12-19)28(30)31/h4-6,8-9,11-14,24H,7,10,15-16H2,1-3H3. The number of amides is 1. The first-order chi connectivity index (χ1) is 14.9. The van der Waals surface area contributed by atoms with Gasteiger partial charge in [0.15, 0.2) is 0 Å². The SMILES string of the molecule is Cc1nn(-c2ccccc2)c(C)c1CN(C)C(=O)CCCNc1ccc([N+](=O)[O-])cc1. The van der Waals surface area contributed by atoms with Crippen LogP contribution in [-0.2, 0) is 11.3 Å². The van der Waals surface area contributed by atoms with Crippen molar-refractivity contribution in [3.8, 4) is 5.69 Å². The number of nitro benzene ring substituents is 1. The number of carbonyl (C=O) groups excluding carboxylic acids is 1. The molecule has 0 aliphatic carbocycles. The first-order valence-corrected chi connectivity index (χ1v) is 10.2. The number of non-ortho nitro benzene ring substituents is 1. The average Bonchev–Trinajstić information content (AvgIpc) is 3.05. The van der Waals surface area contributed by atoms with E-state index in [9.17, 15) is 14.9 Å². The van der Waals surface area contributed by atoms with Gasteiger partial charge in [-0.1, -0.05) is 18.2 Å². The second kappa shape index (κ2) is 9.88. The Kier molecular flexibility index (Phi) is 7.02. The van der Waals surface area contributed by atoms with Crippen molar-refractivity contribution >= 4 is 17.3 Å². The van der Waals surface area contributed by atoms with Crippen molar-refractivity contribution in [1.82, 2.24) is 14.7 Å². The van der Waals surface area contributed by atoms with Gasteiger partial charge < -0.3 is 10.2 Å². The Morgan fingerprint density at radius 3 is 2.45 bits per heavy atom. The van der Waals surface area contributed by atoms with Crippen molar-refractivity contribution in [2.75, 3.05) is 18.9 Å². The molecule has 162 valence electrons. The van der Waals surface area contributed by atoms with Crippen molar-refractivity contribution in [3.05, 3.63) is 81.7 Å². The van der Waals surface area contributed by atoms with Crippen LogP contribution in [0.25, 0.3) is 5.69 Å². The molecule has 31 heavy (non-hydrogen) atoms. The molecule has 0 aliphatic rings. The van der Waals surface area contributed by atoms with Crippen molar-refractivity contribution in [2.45, 2.75) is 33.2 Å². The van der Waals surface area contributed by atoms with Gasteiger partial charge in [-0.3, -0.25) is 14.9 Å². The van der Waals surface area contributed by atoms with E-state index in [1.165, 1.54) is 12.1 Å². The zero-order valence-electron chi connectivity index (χ0n) is 18.0. The number of carbonyl (C=O) groups is 1. The molecule has 3 aromatic rings. The van der Waals surface area contributed by atoms with Crippen LogP contribution in [0.1, 0.15) is 29.8 Å². The van der Waals surface area contributed by atoms with Gasteiger partial charge in [-0.2, -0.15) is 5.10 Å². The number of benzene rings is 2. The van der Waals surface area contributed by atoms with Crippen molar-refractivity contribution < 1.29 is 9.72 Å². The van der Waals surface area contributed by atoms with Crippen LogP contribution in [0.3, 0.4) is 0 Å². The topological polar surface area (TPSA) is 93.3 Å². The molecule has 0 aliphatic heterocycles. The summed E-state index contributed by atoms with van der Waals surface area (Å²) < 4.78 is 1.91. The van der Waals surface area contributed by atoms with Gasteiger partial charge in [0.25, 0.3) is 5.69 Å². The Morgan fingerprint density at radius 2 is 1.81 bits per heavy atom. The van der Waals surface area contributed by atoms with E-state index < -0.39 is 4.92 Å². The van der Waals surface area contributed by atoms with Gasteiger partial charge in [-0.25, -0.2) is 4.68 Å². The second-order valence-corrected chi connectivity index (χ2v) is 7.48. The lowest BCUT2D eigenvalue weighted by atomic mass is 10.1. The summed E-state index contributed by atoms with van der Waals surface area (Å²) in [4.78, 5) is 24.6. The van der Waals surface area contributed by atoms with Crippen LogP contribution in [0.2, 0.25) is 0 Å². The van der Waals surface area contributed by atoms with Crippen LogP contribution in [0, 0.1) is 24.0 Å². The molecule has 1 heterocycles. The number of nitrogens with zero attached hydrogens (tertiary/aromatic N) is 4. The van der Waals surface area contributed by atoms with E-state index in [-0.39, 0.29) is 11.6 Å². The summed E-state index contributed by atoms with van der Waals surface area (Å²) in [5, 5.41) is 18.5. The van der Waals surface area contributed by atoms with Crippen molar-refractivity contribution in [3.63, 3.8) is 0 Å². The molecule has 0 saturated heterocycles. The van der Waals surface area contributed by atoms with Crippen molar-refractivity contribution in [1.29, 1.82) is 0 Å². The summed E-state index contributed by atoms with van der Waals surface area (Å²) in [7, 11) is 1.81. The smallest absolute Gasteiger partial charge is 0.269 e. The number of aryl methyl sites for hydroxylation is 1. The lowest BCUT2D eigenvalue weighted by Gasteiger charge is -2.18. The molecular weight excluding hydrogens is 394 g/mol. The van der Waals surface area contributed by atoms with Gasteiger partial charge in [0, 0.05) is 55.6 Å². The predicted octanol–water partition coefficient (Wildman–Crippen LogP) is 4.25. The Morgan fingerprint density at radius 1 is 1.13 bits per heavy atom. The van der Waals surface area contributed by atoms with Crippen molar-refractivity contribution in [2.24, 2.45) is 0 Å².